The van der Waals surface area contributed by atoms with Gasteiger partial charge < -0.3 is 14.6 Å². The Morgan fingerprint density at radius 3 is 2.47 bits per heavy atom. The topological polar surface area (TPSA) is 55.8 Å². The lowest BCUT2D eigenvalue weighted by atomic mass is 10.0. The van der Waals surface area contributed by atoms with Crippen LogP contribution in [0.5, 0.6) is 11.5 Å². The van der Waals surface area contributed by atoms with E-state index in [0.29, 0.717) is 36.7 Å². The van der Waals surface area contributed by atoms with Crippen molar-refractivity contribution < 1.29 is 19.4 Å². The zero-order valence-corrected chi connectivity index (χ0v) is 8.45. The first kappa shape index (κ1) is 9.83. The van der Waals surface area contributed by atoms with Gasteiger partial charge in [0.05, 0.1) is 5.56 Å². The molecule has 0 aliphatic carbocycles. The minimum absolute atomic E-state index is 0.293. The zero-order valence-electron chi connectivity index (χ0n) is 8.45. The first-order chi connectivity index (χ1) is 7.22. The predicted octanol–water partition coefficient (Wildman–Crippen LogP) is 1.72. The molecule has 0 spiro atoms. The largest absolute Gasteiger partial charge is 0.486 e. The van der Waals surface area contributed by atoms with Crippen molar-refractivity contribution in [1.82, 2.24) is 0 Å². The molecule has 0 unspecified atom stereocenters. The van der Waals surface area contributed by atoms with E-state index in [0.717, 1.165) is 5.56 Å². The summed E-state index contributed by atoms with van der Waals surface area (Å²) in [5.74, 6) is 0.239. The Morgan fingerprint density at radius 1 is 1.33 bits per heavy atom. The number of benzene rings is 1. The van der Waals surface area contributed by atoms with E-state index in [1.807, 2.05) is 6.92 Å². The molecule has 0 fully saturated rings. The summed E-state index contributed by atoms with van der Waals surface area (Å²) >= 11 is 0. The quantitative estimate of drug-likeness (QED) is 0.803. The zero-order chi connectivity index (χ0) is 10.8. The van der Waals surface area contributed by atoms with Crippen LogP contribution in [-0.4, -0.2) is 24.3 Å². The van der Waals surface area contributed by atoms with Gasteiger partial charge in [0.1, 0.15) is 13.2 Å². The SMILES string of the molecule is CCc1cc2c(cc1C(=O)O)OCCO2. The Kier molecular flexibility index (Phi) is 2.49. The fourth-order valence-electron chi connectivity index (χ4n) is 1.62. The highest BCUT2D eigenvalue weighted by Gasteiger charge is 2.18. The first-order valence-electron chi connectivity index (χ1n) is 4.88. The van der Waals surface area contributed by atoms with E-state index in [4.69, 9.17) is 14.6 Å². The number of rotatable bonds is 2. The van der Waals surface area contributed by atoms with E-state index < -0.39 is 5.97 Å². The maximum absolute atomic E-state index is 11.0. The molecule has 0 saturated heterocycles. The molecule has 0 amide bonds. The number of carboxylic acid groups (broad SMARTS) is 1. The van der Waals surface area contributed by atoms with E-state index in [-0.39, 0.29) is 0 Å². The minimum atomic E-state index is -0.927. The number of carbonyl (C=O) groups is 1. The highest BCUT2D eigenvalue weighted by molar-refractivity contribution is 5.90. The van der Waals surface area contributed by atoms with Gasteiger partial charge >= 0.3 is 5.97 Å². The number of hydrogen-bond donors (Lipinski definition) is 1. The van der Waals surface area contributed by atoms with E-state index >= 15 is 0 Å². The molecule has 0 saturated carbocycles. The van der Waals surface area contributed by atoms with Crippen molar-refractivity contribution in [2.24, 2.45) is 0 Å². The Labute approximate surface area is 87.4 Å². The van der Waals surface area contributed by atoms with Gasteiger partial charge in [0.25, 0.3) is 0 Å². The van der Waals surface area contributed by atoms with E-state index in [2.05, 4.69) is 0 Å². The van der Waals surface area contributed by atoms with Crippen molar-refractivity contribution in [1.29, 1.82) is 0 Å². The molecule has 2 rings (SSSR count). The molecule has 1 N–H and O–H groups in total. The third kappa shape index (κ3) is 1.75. The van der Waals surface area contributed by atoms with Crippen LogP contribution in [0.2, 0.25) is 0 Å². The van der Waals surface area contributed by atoms with Crippen molar-refractivity contribution in [2.75, 3.05) is 13.2 Å². The molecule has 15 heavy (non-hydrogen) atoms. The monoisotopic (exact) mass is 208 g/mol. The van der Waals surface area contributed by atoms with Gasteiger partial charge in [-0.05, 0) is 24.1 Å². The molecule has 1 heterocycles. The molecule has 4 nitrogen and oxygen atoms in total. The molecule has 80 valence electrons. The van der Waals surface area contributed by atoms with Crippen molar-refractivity contribution in [3.05, 3.63) is 23.3 Å². The highest BCUT2D eigenvalue weighted by atomic mass is 16.6. The van der Waals surface area contributed by atoms with Crippen molar-refractivity contribution >= 4 is 5.97 Å². The molecule has 0 aromatic heterocycles. The first-order valence-corrected chi connectivity index (χ1v) is 4.88. The van der Waals surface area contributed by atoms with Gasteiger partial charge in [0, 0.05) is 0 Å². The van der Waals surface area contributed by atoms with E-state index in [1.165, 1.54) is 6.07 Å². The van der Waals surface area contributed by atoms with Gasteiger partial charge in [-0.1, -0.05) is 6.92 Å². The Morgan fingerprint density at radius 2 is 1.93 bits per heavy atom. The molecule has 1 aliphatic rings. The van der Waals surface area contributed by atoms with Crippen LogP contribution in [0, 0.1) is 0 Å². The predicted molar refractivity (Wildman–Crippen MR) is 53.8 cm³/mol. The molecular formula is C11H12O4. The number of hydrogen-bond acceptors (Lipinski definition) is 3. The van der Waals surface area contributed by atoms with Crippen molar-refractivity contribution in [3.8, 4) is 11.5 Å². The summed E-state index contributed by atoms with van der Waals surface area (Å²) in [5.41, 5.74) is 1.06. The molecule has 0 radical (unpaired) electrons. The lowest BCUT2D eigenvalue weighted by Gasteiger charge is -2.19. The van der Waals surface area contributed by atoms with Crippen LogP contribution < -0.4 is 9.47 Å². The smallest absolute Gasteiger partial charge is 0.336 e. The molecule has 1 aromatic rings. The third-order valence-corrected chi connectivity index (χ3v) is 2.38. The number of fused-ring (bicyclic) bond motifs is 1. The number of aromatic carboxylic acids is 1. The van der Waals surface area contributed by atoms with Crippen LogP contribution in [0.3, 0.4) is 0 Å². The summed E-state index contributed by atoms with van der Waals surface area (Å²) < 4.78 is 10.7. The lowest BCUT2D eigenvalue weighted by molar-refractivity contribution is 0.0694. The summed E-state index contributed by atoms with van der Waals surface area (Å²) in [7, 11) is 0. The van der Waals surface area contributed by atoms with Gasteiger partial charge in [-0.25, -0.2) is 4.79 Å². The van der Waals surface area contributed by atoms with Gasteiger partial charge in [-0.2, -0.15) is 0 Å². The molecule has 1 aromatic carbocycles. The van der Waals surface area contributed by atoms with E-state index in [1.54, 1.807) is 6.07 Å². The highest BCUT2D eigenvalue weighted by Crippen LogP contribution is 2.33. The number of ether oxygens (including phenoxy) is 2. The van der Waals surface area contributed by atoms with Crippen LogP contribution in [0.25, 0.3) is 0 Å². The summed E-state index contributed by atoms with van der Waals surface area (Å²) in [6, 6.07) is 3.29. The molecule has 0 atom stereocenters. The maximum atomic E-state index is 11.0. The molecule has 4 heteroatoms. The summed E-state index contributed by atoms with van der Waals surface area (Å²) in [5, 5.41) is 9.00. The second-order valence-electron chi connectivity index (χ2n) is 3.31. The summed E-state index contributed by atoms with van der Waals surface area (Å²) in [4.78, 5) is 11.0. The lowest BCUT2D eigenvalue weighted by Crippen LogP contribution is -2.16. The minimum Gasteiger partial charge on any atom is -0.486 e. The van der Waals surface area contributed by atoms with Gasteiger partial charge in [0.15, 0.2) is 11.5 Å². The Bertz CT molecular complexity index is 398. The third-order valence-electron chi connectivity index (χ3n) is 2.38. The van der Waals surface area contributed by atoms with Crippen LogP contribution in [0.1, 0.15) is 22.8 Å². The normalized spacial score (nSPS) is 13.7. The second kappa shape index (κ2) is 3.81. The van der Waals surface area contributed by atoms with Crippen molar-refractivity contribution in [3.63, 3.8) is 0 Å². The second-order valence-corrected chi connectivity index (χ2v) is 3.31. The fraction of sp³-hybridized carbons (Fsp3) is 0.364. The molecule has 1 aliphatic heterocycles. The summed E-state index contributed by atoms with van der Waals surface area (Å²) in [6.45, 7) is 2.90. The maximum Gasteiger partial charge on any atom is 0.336 e. The van der Waals surface area contributed by atoms with Crippen LogP contribution in [-0.2, 0) is 6.42 Å². The molecule has 0 bridgehead atoms. The van der Waals surface area contributed by atoms with Gasteiger partial charge in [0.2, 0.25) is 0 Å². The average Bonchev–Trinajstić information content (AvgIpc) is 2.27. The van der Waals surface area contributed by atoms with Gasteiger partial charge in [-0.15, -0.1) is 0 Å². The fourth-order valence-corrected chi connectivity index (χ4v) is 1.62. The Hall–Kier alpha value is -1.71. The average molecular weight is 208 g/mol. The Balaban J connectivity index is 2.51. The standard InChI is InChI=1S/C11H12O4/c1-2-7-5-9-10(15-4-3-14-9)6-8(7)11(12)13/h5-6H,2-4H2,1H3,(H,12,13). The summed E-state index contributed by atoms with van der Waals surface area (Å²) in [6.07, 6.45) is 0.665. The van der Waals surface area contributed by atoms with Crippen LogP contribution in [0.15, 0.2) is 12.1 Å². The van der Waals surface area contributed by atoms with Crippen LogP contribution >= 0.6 is 0 Å². The van der Waals surface area contributed by atoms with Crippen molar-refractivity contribution in [2.45, 2.75) is 13.3 Å². The van der Waals surface area contributed by atoms with E-state index in [9.17, 15) is 4.79 Å². The van der Waals surface area contributed by atoms with Gasteiger partial charge in [-0.3, -0.25) is 0 Å². The number of aryl methyl sites for hydroxylation is 1. The van der Waals surface area contributed by atoms with Crippen LogP contribution in [0.4, 0.5) is 0 Å². The molecular weight excluding hydrogens is 196 g/mol. The number of carboxylic acids is 1.